The number of halogens is 1. The summed E-state index contributed by atoms with van der Waals surface area (Å²) in [5.74, 6) is 0.540. The Kier molecular flexibility index (Phi) is 2.55. The van der Waals surface area contributed by atoms with Gasteiger partial charge in [-0.15, -0.1) is 0 Å². The third-order valence-corrected chi connectivity index (χ3v) is 5.08. The van der Waals surface area contributed by atoms with Gasteiger partial charge in [0.05, 0.1) is 11.4 Å². The third kappa shape index (κ3) is 1.59. The molecule has 0 saturated heterocycles. The predicted octanol–water partition coefficient (Wildman–Crippen LogP) is 4.73. The molecule has 1 unspecified atom stereocenters. The van der Waals surface area contributed by atoms with Crippen molar-refractivity contribution >= 4 is 21.6 Å². The minimum atomic E-state index is 0.540. The molecule has 1 aliphatic rings. The van der Waals surface area contributed by atoms with E-state index in [1.54, 1.807) is 0 Å². The van der Waals surface area contributed by atoms with Crippen molar-refractivity contribution in [2.75, 3.05) is 0 Å². The van der Waals surface area contributed by atoms with Gasteiger partial charge in [0.1, 0.15) is 5.65 Å². The molecule has 3 aromatic rings. The Balaban J connectivity index is 2.08. The minimum absolute atomic E-state index is 0.540. The fraction of sp³-hybridized carbons (Fsp3) is 0.235. The molecule has 2 nitrogen and oxygen atoms in total. The molecule has 4 rings (SSSR count). The molecule has 2 heterocycles. The van der Waals surface area contributed by atoms with Gasteiger partial charge >= 0.3 is 0 Å². The molecule has 1 aromatic carbocycles. The number of nitrogens with zero attached hydrogens (tertiary/aromatic N) is 2. The summed E-state index contributed by atoms with van der Waals surface area (Å²) in [6.45, 7) is 4.40. The summed E-state index contributed by atoms with van der Waals surface area (Å²) in [6.07, 6.45) is 3.19. The lowest BCUT2D eigenvalue weighted by Crippen LogP contribution is -2.09. The van der Waals surface area contributed by atoms with Gasteiger partial charge in [0.15, 0.2) is 0 Å². The van der Waals surface area contributed by atoms with Crippen LogP contribution in [-0.4, -0.2) is 9.38 Å². The highest BCUT2D eigenvalue weighted by Crippen LogP contribution is 2.39. The van der Waals surface area contributed by atoms with Crippen molar-refractivity contribution in [1.82, 2.24) is 9.38 Å². The molecule has 0 bridgehead atoms. The van der Waals surface area contributed by atoms with Gasteiger partial charge in [0, 0.05) is 16.2 Å². The van der Waals surface area contributed by atoms with Gasteiger partial charge in [0.25, 0.3) is 0 Å². The standard InChI is InChI=1S/C17H15BrN2/c1-10-7-15-17(13-6-4-3-5-12(10)13)19-16-8-11(2)14(18)9-20(15)16/h3-6,8-10H,7H2,1-2H3. The Labute approximate surface area is 126 Å². The number of pyridine rings is 1. The molecule has 0 radical (unpaired) electrons. The average molecular weight is 327 g/mol. The monoisotopic (exact) mass is 326 g/mol. The fourth-order valence-corrected chi connectivity index (χ4v) is 3.48. The van der Waals surface area contributed by atoms with Gasteiger partial charge in [-0.1, -0.05) is 31.2 Å². The second-order valence-electron chi connectivity index (χ2n) is 5.63. The van der Waals surface area contributed by atoms with E-state index in [-0.39, 0.29) is 0 Å². The Morgan fingerprint density at radius 3 is 2.95 bits per heavy atom. The van der Waals surface area contributed by atoms with Crippen LogP contribution < -0.4 is 0 Å². The number of hydrogen-bond acceptors (Lipinski definition) is 1. The van der Waals surface area contributed by atoms with E-state index in [2.05, 4.69) is 70.7 Å². The van der Waals surface area contributed by atoms with Gasteiger partial charge in [-0.25, -0.2) is 4.98 Å². The summed E-state index contributed by atoms with van der Waals surface area (Å²) in [4.78, 5) is 4.87. The lowest BCUT2D eigenvalue weighted by atomic mass is 9.84. The molecule has 100 valence electrons. The summed E-state index contributed by atoms with van der Waals surface area (Å²) >= 11 is 3.63. The summed E-state index contributed by atoms with van der Waals surface area (Å²) in [5, 5.41) is 0. The van der Waals surface area contributed by atoms with E-state index < -0.39 is 0 Å². The number of fused-ring (bicyclic) bond motifs is 5. The van der Waals surface area contributed by atoms with E-state index in [9.17, 15) is 0 Å². The molecule has 0 fully saturated rings. The third-order valence-electron chi connectivity index (χ3n) is 4.25. The van der Waals surface area contributed by atoms with E-state index in [1.807, 2.05) is 0 Å². The van der Waals surface area contributed by atoms with Gasteiger partial charge in [-0.3, -0.25) is 0 Å². The van der Waals surface area contributed by atoms with Crippen LogP contribution >= 0.6 is 15.9 Å². The van der Waals surface area contributed by atoms with Crippen LogP contribution in [0.3, 0.4) is 0 Å². The quantitative estimate of drug-likeness (QED) is 0.583. The van der Waals surface area contributed by atoms with Gasteiger partial charge < -0.3 is 4.40 Å². The molecule has 0 aliphatic heterocycles. The first-order valence-corrected chi connectivity index (χ1v) is 7.71. The highest BCUT2D eigenvalue weighted by Gasteiger charge is 2.25. The van der Waals surface area contributed by atoms with Crippen LogP contribution in [0.5, 0.6) is 0 Å². The lowest BCUT2D eigenvalue weighted by Gasteiger charge is -2.22. The normalized spacial score (nSPS) is 17.1. The highest BCUT2D eigenvalue weighted by atomic mass is 79.9. The van der Waals surface area contributed by atoms with E-state index in [1.165, 1.54) is 22.4 Å². The molecule has 0 N–H and O–H groups in total. The summed E-state index contributed by atoms with van der Waals surface area (Å²) in [7, 11) is 0. The Hall–Kier alpha value is -1.61. The second kappa shape index (κ2) is 4.19. The van der Waals surface area contributed by atoms with E-state index in [4.69, 9.17) is 4.98 Å². The van der Waals surface area contributed by atoms with Gasteiger partial charge in [-0.05, 0) is 52.4 Å². The maximum atomic E-state index is 4.87. The zero-order chi connectivity index (χ0) is 13.9. The first-order valence-electron chi connectivity index (χ1n) is 6.91. The van der Waals surface area contributed by atoms with Crippen molar-refractivity contribution < 1.29 is 0 Å². The molecule has 0 amide bonds. The van der Waals surface area contributed by atoms with Crippen LogP contribution in [0.25, 0.3) is 16.9 Å². The molecular weight excluding hydrogens is 312 g/mol. The van der Waals surface area contributed by atoms with Crippen molar-refractivity contribution in [3.8, 4) is 11.3 Å². The van der Waals surface area contributed by atoms with Crippen LogP contribution in [0.1, 0.15) is 29.7 Å². The Morgan fingerprint density at radius 2 is 2.10 bits per heavy atom. The zero-order valence-corrected chi connectivity index (χ0v) is 13.1. The topological polar surface area (TPSA) is 17.3 Å². The Bertz CT molecular complexity index is 832. The fourth-order valence-electron chi connectivity index (χ4n) is 3.16. The van der Waals surface area contributed by atoms with Gasteiger partial charge in [-0.2, -0.15) is 0 Å². The van der Waals surface area contributed by atoms with Crippen molar-refractivity contribution in [1.29, 1.82) is 0 Å². The van der Waals surface area contributed by atoms with E-state index in [0.717, 1.165) is 22.2 Å². The maximum absolute atomic E-state index is 4.87. The molecule has 0 saturated carbocycles. The highest BCUT2D eigenvalue weighted by molar-refractivity contribution is 9.10. The number of aryl methyl sites for hydroxylation is 1. The van der Waals surface area contributed by atoms with E-state index >= 15 is 0 Å². The largest absolute Gasteiger partial charge is 0.302 e. The summed E-state index contributed by atoms with van der Waals surface area (Å²) < 4.78 is 3.37. The predicted molar refractivity (Wildman–Crippen MR) is 85.2 cm³/mol. The van der Waals surface area contributed by atoms with E-state index in [0.29, 0.717) is 5.92 Å². The molecule has 0 spiro atoms. The van der Waals surface area contributed by atoms with Crippen LogP contribution in [0.4, 0.5) is 0 Å². The van der Waals surface area contributed by atoms with Crippen LogP contribution in [-0.2, 0) is 6.42 Å². The smallest absolute Gasteiger partial charge is 0.137 e. The average Bonchev–Trinajstić information content (AvgIpc) is 2.78. The van der Waals surface area contributed by atoms with Crippen molar-refractivity contribution in [2.24, 2.45) is 0 Å². The number of imidazole rings is 1. The summed E-state index contributed by atoms with van der Waals surface area (Å²) in [5.41, 5.74) is 7.45. The molecule has 20 heavy (non-hydrogen) atoms. The molecular formula is C17H15BrN2. The minimum Gasteiger partial charge on any atom is -0.302 e. The first-order chi connectivity index (χ1) is 9.65. The Morgan fingerprint density at radius 1 is 1.30 bits per heavy atom. The molecule has 1 atom stereocenters. The zero-order valence-electron chi connectivity index (χ0n) is 11.5. The first kappa shape index (κ1) is 12.2. The van der Waals surface area contributed by atoms with Crippen molar-refractivity contribution in [2.45, 2.75) is 26.2 Å². The molecule has 3 heteroatoms. The van der Waals surface area contributed by atoms with Crippen molar-refractivity contribution in [3.63, 3.8) is 0 Å². The lowest BCUT2D eigenvalue weighted by molar-refractivity contribution is 0.724. The molecule has 1 aliphatic carbocycles. The number of hydrogen-bond donors (Lipinski definition) is 0. The number of benzene rings is 1. The SMILES string of the molecule is Cc1cc2nc3c(n2cc1Br)CC(C)c1ccccc1-3. The molecule has 2 aromatic heterocycles. The van der Waals surface area contributed by atoms with Crippen LogP contribution in [0, 0.1) is 6.92 Å². The van der Waals surface area contributed by atoms with Crippen molar-refractivity contribution in [3.05, 3.63) is 57.8 Å². The number of aromatic nitrogens is 2. The second-order valence-corrected chi connectivity index (χ2v) is 6.49. The van der Waals surface area contributed by atoms with Crippen LogP contribution in [0.2, 0.25) is 0 Å². The van der Waals surface area contributed by atoms with Crippen LogP contribution in [0.15, 0.2) is 41.0 Å². The number of rotatable bonds is 0. The maximum Gasteiger partial charge on any atom is 0.137 e. The summed E-state index contributed by atoms with van der Waals surface area (Å²) in [6, 6.07) is 10.8. The van der Waals surface area contributed by atoms with Gasteiger partial charge in [0.2, 0.25) is 0 Å².